The minimum Gasteiger partial charge on any atom is -0.508 e. The number of halogens is 2. The van der Waals surface area contributed by atoms with Crippen LogP contribution in [0, 0.1) is 11.7 Å². The van der Waals surface area contributed by atoms with E-state index in [1.807, 2.05) is 24.3 Å². The molecular formula is C16H16BrFO. The largest absolute Gasteiger partial charge is 0.508 e. The molecular weight excluding hydrogens is 307 g/mol. The maximum absolute atomic E-state index is 12.9. The molecule has 0 heterocycles. The van der Waals surface area contributed by atoms with Gasteiger partial charge in [-0.05, 0) is 54.2 Å². The van der Waals surface area contributed by atoms with E-state index >= 15 is 0 Å². The minimum atomic E-state index is -0.197. The number of phenols is 1. The van der Waals surface area contributed by atoms with Crippen LogP contribution in [0.5, 0.6) is 5.75 Å². The third-order valence-corrected chi connectivity index (χ3v) is 4.03. The molecule has 0 bridgehead atoms. The van der Waals surface area contributed by atoms with Crippen molar-refractivity contribution in [2.45, 2.75) is 12.8 Å². The number of rotatable bonds is 5. The first-order valence-electron chi connectivity index (χ1n) is 6.25. The quantitative estimate of drug-likeness (QED) is 0.812. The van der Waals surface area contributed by atoms with E-state index in [0.29, 0.717) is 5.92 Å². The molecule has 2 aromatic rings. The molecule has 2 aromatic carbocycles. The predicted octanol–water partition coefficient (Wildman–Crippen LogP) is 4.33. The van der Waals surface area contributed by atoms with Gasteiger partial charge in [-0.2, -0.15) is 0 Å². The van der Waals surface area contributed by atoms with Gasteiger partial charge in [0.15, 0.2) is 0 Å². The second-order valence-electron chi connectivity index (χ2n) is 4.72. The summed E-state index contributed by atoms with van der Waals surface area (Å²) in [5.74, 6) is 0.547. The molecule has 0 aromatic heterocycles. The van der Waals surface area contributed by atoms with Crippen LogP contribution in [0.25, 0.3) is 0 Å². The van der Waals surface area contributed by atoms with Crippen molar-refractivity contribution in [3.63, 3.8) is 0 Å². The first-order chi connectivity index (χ1) is 9.17. The Hall–Kier alpha value is -1.35. The lowest BCUT2D eigenvalue weighted by Gasteiger charge is -2.14. The van der Waals surface area contributed by atoms with E-state index in [1.165, 1.54) is 17.7 Å². The molecule has 0 amide bonds. The van der Waals surface area contributed by atoms with Gasteiger partial charge in [-0.15, -0.1) is 0 Å². The normalized spacial score (nSPS) is 12.3. The monoisotopic (exact) mass is 322 g/mol. The van der Waals surface area contributed by atoms with Crippen LogP contribution >= 0.6 is 15.9 Å². The highest BCUT2D eigenvalue weighted by molar-refractivity contribution is 9.09. The number of hydrogen-bond donors (Lipinski definition) is 1. The van der Waals surface area contributed by atoms with E-state index in [2.05, 4.69) is 15.9 Å². The van der Waals surface area contributed by atoms with E-state index < -0.39 is 0 Å². The fourth-order valence-electron chi connectivity index (χ4n) is 2.10. The summed E-state index contributed by atoms with van der Waals surface area (Å²) < 4.78 is 12.9. The summed E-state index contributed by atoms with van der Waals surface area (Å²) in [5.41, 5.74) is 2.34. The molecule has 2 rings (SSSR count). The zero-order valence-electron chi connectivity index (χ0n) is 10.5. The van der Waals surface area contributed by atoms with Crippen molar-refractivity contribution >= 4 is 15.9 Å². The van der Waals surface area contributed by atoms with Crippen LogP contribution in [-0.2, 0) is 12.8 Å². The van der Waals surface area contributed by atoms with Crippen LogP contribution in [0.2, 0.25) is 0 Å². The topological polar surface area (TPSA) is 20.2 Å². The Balaban J connectivity index is 2.00. The van der Waals surface area contributed by atoms with Gasteiger partial charge < -0.3 is 5.11 Å². The van der Waals surface area contributed by atoms with Crippen molar-refractivity contribution in [1.29, 1.82) is 0 Å². The van der Waals surface area contributed by atoms with Gasteiger partial charge in [0.2, 0.25) is 0 Å². The highest BCUT2D eigenvalue weighted by Crippen LogP contribution is 2.19. The molecule has 0 fully saturated rings. The molecule has 1 N–H and O–H groups in total. The molecule has 0 spiro atoms. The fourth-order valence-corrected chi connectivity index (χ4v) is 2.56. The van der Waals surface area contributed by atoms with Crippen molar-refractivity contribution in [2.24, 2.45) is 5.92 Å². The lowest BCUT2D eigenvalue weighted by Crippen LogP contribution is -2.09. The maximum atomic E-state index is 12.9. The molecule has 0 aliphatic rings. The van der Waals surface area contributed by atoms with Crippen LogP contribution in [0.4, 0.5) is 4.39 Å². The molecule has 0 saturated heterocycles. The molecule has 1 atom stereocenters. The Morgan fingerprint density at radius 1 is 0.895 bits per heavy atom. The smallest absolute Gasteiger partial charge is 0.123 e. The molecule has 0 saturated carbocycles. The number of alkyl halides is 1. The SMILES string of the molecule is Oc1ccc(CC(CBr)Cc2ccc(F)cc2)cc1. The van der Waals surface area contributed by atoms with Gasteiger partial charge in [0.05, 0.1) is 0 Å². The van der Waals surface area contributed by atoms with Crippen molar-refractivity contribution in [3.8, 4) is 5.75 Å². The van der Waals surface area contributed by atoms with Crippen LogP contribution in [0.15, 0.2) is 48.5 Å². The predicted molar refractivity (Wildman–Crippen MR) is 79.2 cm³/mol. The summed E-state index contributed by atoms with van der Waals surface area (Å²) in [6, 6.07) is 14.0. The van der Waals surface area contributed by atoms with Gasteiger partial charge in [-0.25, -0.2) is 4.39 Å². The van der Waals surface area contributed by atoms with Gasteiger partial charge in [-0.3, -0.25) is 0 Å². The second-order valence-corrected chi connectivity index (χ2v) is 5.37. The van der Waals surface area contributed by atoms with Crippen molar-refractivity contribution < 1.29 is 9.50 Å². The summed E-state index contributed by atoms with van der Waals surface area (Å²) in [4.78, 5) is 0. The minimum absolute atomic E-state index is 0.197. The highest BCUT2D eigenvalue weighted by Gasteiger charge is 2.09. The molecule has 0 radical (unpaired) electrons. The van der Waals surface area contributed by atoms with Crippen LogP contribution in [0.1, 0.15) is 11.1 Å². The Labute approximate surface area is 121 Å². The van der Waals surface area contributed by atoms with Gasteiger partial charge in [0.1, 0.15) is 11.6 Å². The summed E-state index contributed by atoms with van der Waals surface area (Å²) in [6.45, 7) is 0. The Kier molecular flexibility index (Phi) is 4.97. The van der Waals surface area contributed by atoms with Gasteiger partial charge in [0, 0.05) is 5.33 Å². The van der Waals surface area contributed by atoms with E-state index in [0.717, 1.165) is 23.7 Å². The molecule has 0 aliphatic carbocycles. The zero-order chi connectivity index (χ0) is 13.7. The number of aromatic hydroxyl groups is 1. The average molecular weight is 323 g/mol. The van der Waals surface area contributed by atoms with E-state index in [9.17, 15) is 9.50 Å². The lowest BCUT2D eigenvalue weighted by molar-refractivity contribution is 0.474. The molecule has 1 unspecified atom stereocenters. The van der Waals surface area contributed by atoms with Crippen LogP contribution in [0.3, 0.4) is 0 Å². The number of hydrogen-bond acceptors (Lipinski definition) is 1. The zero-order valence-corrected chi connectivity index (χ0v) is 12.1. The van der Waals surface area contributed by atoms with Crippen LogP contribution in [-0.4, -0.2) is 10.4 Å². The van der Waals surface area contributed by atoms with Crippen LogP contribution < -0.4 is 0 Å². The van der Waals surface area contributed by atoms with Crippen molar-refractivity contribution in [1.82, 2.24) is 0 Å². The van der Waals surface area contributed by atoms with E-state index in [4.69, 9.17) is 0 Å². The molecule has 100 valence electrons. The summed E-state index contributed by atoms with van der Waals surface area (Å²) in [6.07, 6.45) is 1.84. The highest BCUT2D eigenvalue weighted by atomic mass is 79.9. The molecule has 1 nitrogen and oxygen atoms in total. The molecule has 3 heteroatoms. The molecule has 19 heavy (non-hydrogen) atoms. The summed E-state index contributed by atoms with van der Waals surface area (Å²) in [5, 5.41) is 10.2. The standard InChI is InChI=1S/C16H16BrFO/c17-11-14(9-12-1-5-15(18)6-2-12)10-13-3-7-16(19)8-4-13/h1-8,14,19H,9-11H2. The maximum Gasteiger partial charge on any atom is 0.123 e. The number of phenolic OH excluding ortho intramolecular Hbond substituents is 1. The van der Waals surface area contributed by atoms with E-state index in [-0.39, 0.29) is 11.6 Å². The van der Waals surface area contributed by atoms with E-state index in [1.54, 1.807) is 12.1 Å². The van der Waals surface area contributed by atoms with Gasteiger partial charge >= 0.3 is 0 Å². The van der Waals surface area contributed by atoms with Crippen molar-refractivity contribution in [2.75, 3.05) is 5.33 Å². The summed E-state index contributed by atoms with van der Waals surface area (Å²) >= 11 is 3.54. The number of benzene rings is 2. The second kappa shape index (κ2) is 6.71. The third kappa shape index (κ3) is 4.35. The van der Waals surface area contributed by atoms with Gasteiger partial charge in [0.25, 0.3) is 0 Å². The first kappa shape index (κ1) is 14.1. The molecule has 0 aliphatic heterocycles. The first-order valence-corrected chi connectivity index (χ1v) is 7.38. The van der Waals surface area contributed by atoms with Crippen molar-refractivity contribution in [3.05, 3.63) is 65.5 Å². The average Bonchev–Trinajstić information content (AvgIpc) is 2.43. The van der Waals surface area contributed by atoms with Gasteiger partial charge in [-0.1, -0.05) is 40.2 Å². The third-order valence-electron chi connectivity index (χ3n) is 3.12. The Morgan fingerprint density at radius 3 is 1.84 bits per heavy atom. The Morgan fingerprint density at radius 2 is 1.37 bits per heavy atom. The Bertz CT molecular complexity index is 460. The fraction of sp³-hybridized carbons (Fsp3) is 0.250. The summed E-state index contributed by atoms with van der Waals surface area (Å²) in [7, 11) is 0. The lowest BCUT2D eigenvalue weighted by atomic mass is 9.94.